The molecule has 0 saturated carbocycles. The molecular weight excluding hydrogens is 242 g/mol. The average Bonchev–Trinajstić information content (AvgIpc) is 2.30. The van der Waals surface area contributed by atoms with E-state index >= 15 is 0 Å². The van der Waals surface area contributed by atoms with Crippen LogP contribution in [0.25, 0.3) is 0 Å². The maximum atomic E-state index is 10.5. The number of rotatable bonds is 3. The molecule has 1 atom stereocenters. The highest BCUT2D eigenvalue weighted by molar-refractivity contribution is 7.99. The molecule has 0 aliphatic carbocycles. The fourth-order valence-corrected chi connectivity index (χ4v) is 2.71. The summed E-state index contributed by atoms with van der Waals surface area (Å²) in [6.07, 6.45) is 3.36. The van der Waals surface area contributed by atoms with Crippen molar-refractivity contribution in [3.63, 3.8) is 0 Å². The second-order valence-corrected chi connectivity index (χ2v) is 4.93. The Bertz CT molecular complexity index is 422. The minimum Gasteiger partial charge on any atom is -0.378 e. The number of thioether (sulfide) groups is 1. The monoisotopic (exact) mass is 255 g/mol. The number of hydrogen-bond donors (Lipinski definition) is 2. The van der Waals surface area contributed by atoms with Crippen LogP contribution in [0.15, 0.2) is 6.20 Å². The number of hydrogen-bond acceptors (Lipinski definition) is 7. The van der Waals surface area contributed by atoms with Gasteiger partial charge in [-0.2, -0.15) is 16.7 Å². The number of anilines is 2. The summed E-state index contributed by atoms with van der Waals surface area (Å²) in [4.78, 5) is 17.8. The minimum absolute atomic E-state index is 0.101. The van der Waals surface area contributed by atoms with Gasteiger partial charge in [0.15, 0.2) is 0 Å². The van der Waals surface area contributed by atoms with Crippen molar-refractivity contribution in [3.05, 3.63) is 16.3 Å². The largest absolute Gasteiger partial charge is 0.378 e. The number of nitrogens with zero attached hydrogens (tertiary/aromatic N) is 3. The zero-order chi connectivity index (χ0) is 12.3. The van der Waals surface area contributed by atoms with Crippen LogP contribution in [-0.2, 0) is 0 Å². The second kappa shape index (κ2) is 5.17. The molecule has 1 saturated heterocycles. The molecule has 2 heterocycles. The van der Waals surface area contributed by atoms with E-state index in [2.05, 4.69) is 15.3 Å². The van der Waals surface area contributed by atoms with Crippen LogP contribution in [0.4, 0.5) is 17.5 Å². The number of nitrogen functional groups attached to an aromatic ring is 1. The second-order valence-electron chi connectivity index (χ2n) is 3.78. The fraction of sp³-hybridized carbons (Fsp3) is 0.556. The predicted octanol–water partition coefficient (Wildman–Crippen LogP) is 1.27. The Balaban J connectivity index is 2.06. The number of aromatic nitrogens is 2. The molecule has 0 bridgehead atoms. The van der Waals surface area contributed by atoms with Gasteiger partial charge in [0.25, 0.3) is 0 Å². The first-order chi connectivity index (χ1) is 8.16. The fourth-order valence-electron chi connectivity index (χ4n) is 1.64. The van der Waals surface area contributed by atoms with E-state index in [1.165, 1.54) is 5.75 Å². The Hall–Kier alpha value is -1.57. The zero-order valence-electron chi connectivity index (χ0n) is 9.13. The van der Waals surface area contributed by atoms with Gasteiger partial charge >= 0.3 is 5.69 Å². The molecule has 17 heavy (non-hydrogen) atoms. The van der Waals surface area contributed by atoms with Gasteiger partial charge in [-0.25, -0.2) is 4.98 Å². The first kappa shape index (κ1) is 11.9. The van der Waals surface area contributed by atoms with Crippen LogP contribution in [0, 0.1) is 10.1 Å². The van der Waals surface area contributed by atoms with Crippen LogP contribution in [0.3, 0.4) is 0 Å². The molecule has 0 radical (unpaired) electrons. The third kappa shape index (κ3) is 2.96. The Kier molecular flexibility index (Phi) is 3.62. The van der Waals surface area contributed by atoms with Crippen LogP contribution < -0.4 is 11.1 Å². The first-order valence-electron chi connectivity index (χ1n) is 5.28. The van der Waals surface area contributed by atoms with Crippen LogP contribution in [0.5, 0.6) is 0 Å². The van der Waals surface area contributed by atoms with Crippen LogP contribution in [0.1, 0.15) is 12.8 Å². The van der Waals surface area contributed by atoms with E-state index in [-0.39, 0.29) is 11.5 Å². The highest BCUT2D eigenvalue weighted by Crippen LogP contribution is 2.22. The summed E-state index contributed by atoms with van der Waals surface area (Å²) in [6, 6.07) is 0.314. The molecule has 3 N–H and O–H groups in total. The van der Waals surface area contributed by atoms with Gasteiger partial charge in [0.05, 0.1) is 4.92 Å². The highest BCUT2D eigenvalue weighted by Gasteiger charge is 2.17. The van der Waals surface area contributed by atoms with Crippen LogP contribution in [0.2, 0.25) is 0 Å². The van der Waals surface area contributed by atoms with Gasteiger partial charge in [-0.15, -0.1) is 0 Å². The highest BCUT2D eigenvalue weighted by atomic mass is 32.2. The lowest BCUT2D eigenvalue weighted by Gasteiger charge is -2.22. The SMILES string of the molecule is Nc1nc(NC2CCCSC2)ncc1[N+](=O)[O-]. The molecule has 1 fully saturated rings. The summed E-state index contributed by atoms with van der Waals surface area (Å²) >= 11 is 1.88. The van der Waals surface area contributed by atoms with Crippen molar-refractivity contribution in [2.24, 2.45) is 0 Å². The summed E-state index contributed by atoms with van der Waals surface area (Å²) in [5.41, 5.74) is 5.23. The molecule has 0 amide bonds. The number of nitro groups is 1. The molecule has 1 aliphatic rings. The van der Waals surface area contributed by atoms with Crippen LogP contribution in [-0.4, -0.2) is 32.4 Å². The lowest BCUT2D eigenvalue weighted by atomic mass is 10.2. The summed E-state index contributed by atoms with van der Waals surface area (Å²) in [5.74, 6) is 2.44. The van der Waals surface area contributed by atoms with Gasteiger partial charge < -0.3 is 11.1 Å². The lowest BCUT2D eigenvalue weighted by molar-refractivity contribution is -0.384. The summed E-state index contributed by atoms with van der Waals surface area (Å²) in [7, 11) is 0. The van der Waals surface area contributed by atoms with Crippen molar-refractivity contribution in [3.8, 4) is 0 Å². The smallest absolute Gasteiger partial charge is 0.329 e. The Labute approximate surface area is 102 Å². The minimum atomic E-state index is -0.588. The normalized spacial score (nSPS) is 19.9. The Morgan fingerprint density at radius 2 is 2.47 bits per heavy atom. The number of nitrogens with one attached hydrogen (secondary N) is 1. The van der Waals surface area contributed by atoms with Crippen LogP contribution >= 0.6 is 11.8 Å². The van der Waals surface area contributed by atoms with Crippen molar-refractivity contribution in [2.75, 3.05) is 22.6 Å². The van der Waals surface area contributed by atoms with E-state index in [0.717, 1.165) is 24.8 Å². The van der Waals surface area contributed by atoms with Gasteiger partial charge in [-0.1, -0.05) is 0 Å². The topological polar surface area (TPSA) is 107 Å². The molecule has 92 valence electrons. The van der Waals surface area contributed by atoms with Gasteiger partial charge in [0, 0.05) is 11.8 Å². The molecule has 8 heteroatoms. The average molecular weight is 255 g/mol. The van der Waals surface area contributed by atoms with E-state index in [4.69, 9.17) is 5.73 Å². The predicted molar refractivity (Wildman–Crippen MR) is 67.1 cm³/mol. The lowest BCUT2D eigenvalue weighted by Crippen LogP contribution is -2.26. The Morgan fingerprint density at radius 3 is 3.06 bits per heavy atom. The summed E-state index contributed by atoms with van der Waals surface area (Å²) in [5, 5.41) is 13.7. The number of nitrogens with two attached hydrogens (primary N) is 1. The summed E-state index contributed by atoms with van der Waals surface area (Å²) < 4.78 is 0. The Morgan fingerprint density at radius 1 is 1.65 bits per heavy atom. The van der Waals surface area contributed by atoms with Gasteiger partial charge in [0.2, 0.25) is 11.8 Å². The van der Waals surface area contributed by atoms with Crippen molar-refractivity contribution in [1.29, 1.82) is 0 Å². The quantitative estimate of drug-likeness (QED) is 0.618. The molecule has 1 aromatic rings. The summed E-state index contributed by atoms with van der Waals surface area (Å²) in [6.45, 7) is 0. The molecule has 1 aliphatic heterocycles. The molecule has 0 aromatic carbocycles. The molecule has 0 spiro atoms. The van der Waals surface area contributed by atoms with Crippen molar-refractivity contribution < 1.29 is 4.92 Å². The van der Waals surface area contributed by atoms with E-state index in [9.17, 15) is 10.1 Å². The van der Waals surface area contributed by atoms with E-state index in [1.807, 2.05) is 11.8 Å². The third-order valence-electron chi connectivity index (χ3n) is 2.49. The molecule has 1 unspecified atom stereocenters. The van der Waals surface area contributed by atoms with E-state index in [1.54, 1.807) is 0 Å². The van der Waals surface area contributed by atoms with Crippen molar-refractivity contribution in [1.82, 2.24) is 9.97 Å². The van der Waals surface area contributed by atoms with Crippen molar-refractivity contribution in [2.45, 2.75) is 18.9 Å². The van der Waals surface area contributed by atoms with E-state index in [0.29, 0.717) is 12.0 Å². The third-order valence-corrected chi connectivity index (χ3v) is 3.70. The van der Waals surface area contributed by atoms with Gasteiger partial charge in [-0.3, -0.25) is 10.1 Å². The van der Waals surface area contributed by atoms with Gasteiger partial charge in [-0.05, 0) is 18.6 Å². The molecule has 7 nitrogen and oxygen atoms in total. The van der Waals surface area contributed by atoms with Gasteiger partial charge in [0.1, 0.15) is 6.20 Å². The maximum Gasteiger partial charge on any atom is 0.329 e. The zero-order valence-corrected chi connectivity index (χ0v) is 9.94. The standard InChI is InChI=1S/C9H13N5O2S/c10-8-7(14(15)16)4-11-9(13-8)12-6-2-1-3-17-5-6/h4,6H,1-3,5H2,(H3,10,11,12,13). The maximum absolute atomic E-state index is 10.5. The molecular formula is C9H13N5O2S. The van der Waals surface area contributed by atoms with E-state index < -0.39 is 4.92 Å². The van der Waals surface area contributed by atoms with Crippen molar-refractivity contribution >= 4 is 29.2 Å². The first-order valence-corrected chi connectivity index (χ1v) is 6.43. The molecule has 1 aromatic heterocycles. The molecule has 2 rings (SSSR count).